The minimum atomic E-state index is -3.50. The number of halogens is 1. The molecule has 0 radical (unpaired) electrons. The van der Waals surface area contributed by atoms with Crippen molar-refractivity contribution in [3.63, 3.8) is 0 Å². The molecule has 1 aromatic rings. The Morgan fingerprint density at radius 2 is 1.85 bits per heavy atom. The summed E-state index contributed by atoms with van der Waals surface area (Å²) in [5, 5.41) is -0.213. The van der Waals surface area contributed by atoms with Gasteiger partial charge in [0.1, 0.15) is 0 Å². The first-order chi connectivity index (χ1) is 9.01. The number of hydrogen-bond acceptors (Lipinski definition) is 2. The van der Waals surface area contributed by atoms with Gasteiger partial charge < -0.3 is 0 Å². The molecular weight excluding hydrogens is 294 g/mol. The number of benzene rings is 1. The van der Waals surface area contributed by atoms with Crippen molar-refractivity contribution in [3.05, 3.63) is 29.3 Å². The Bertz CT molecular complexity index is 562. The maximum absolute atomic E-state index is 12.3. The molecule has 5 heteroatoms. The molecule has 1 unspecified atom stereocenters. The van der Waals surface area contributed by atoms with Gasteiger partial charge in [0.2, 0.25) is 10.0 Å². The van der Waals surface area contributed by atoms with Crippen molar-refractivity contribution in [2.75, 3.05) is 6.54 Å². The molecule has 0 aliphatic heterocycles. The molecular formula is C15H24ClNO2S. The molecule has 0 aromatic heterocycles. The fourth-order valence-electron chi connectivity index (χ4n) is 2.01. The third kappa shape index (κ3) is 5.43. The largest absolute Gasteiger partial charge is 0.240 e. The Balaban J connectivity index is 2.78. The highest BCUT2D eigenvalue weighted by Gasteiger charge is 2.21. The second kappa shape index (κ2) is 6.46. The zero-order chi connectivity index (χ0) is 15.6. The summed E-state index contributed by atoms with van der Waals surface area (Å²) in [6, 6.07) is 5.40. The van der Waals surface area contributed by atoms with Crippen LogP contribution in [0.5, 0.6) is 0 Å². The smallest absolute Gasteiger partial charge is 0.210 e. The molecule has 0 amide bonds. The first-order valence-corrected chi connectivity index (χ1v) is 8.64. The highest BCUT2D eigenvalue weighted by atomic mass is 35.5. The van der Waals surface area contributed by atoms with Crippen molar-refractivity contribution >= 4 is 21.6 Å². The van der Waals surface area contributed by atoms with Crippen molar-refractivity contribution in [2.24, 2.45) is 5.41 Å². The molecule has 1 rings (SSSR count). The lowest BCUT2D eigenvalue weighted by Crippen LogP contribution is -2.32. The van der Waals surface area contributed by atoms with E-state index in [1.54, 1.807) is 13.0 Å². The van der Waals surface area contributed by atoms with E-state index in [0.29, 0.717) is 4.90 Å². The van der Waals surface area contributed by atoms with Crippen LogP contribution < -0.4 is 4.72 Å². The zero-order valence-corrected chi connectivity index (χ0v) is 14.4. The minimum Gasteiger partial charge on any atom is -0.210 e. The second-order valence-electron chi connectivity index (χ2n) is 6.48. The summed E-state index contributed by atoms with van der Waals surface area (Å²) in [6.07, 6.45) is 0.754. The van der Waals surface area contributed by atoms with Gasteiger partial charge >= 0.3 is 0 Å². The van der Waals surface area contributed by atoms with Gasteiger partial charge in [-0.05, 0) is 42.9 Å². The van der Waals surface area contributed by atoms with Crippen LogP contribution in [0.3, 0.4) is 0 Å². The van der Waals surface area contributed by atoms with Crippen LogP contribution in [0.2, 0.25) is 0 Å². The standard InChI is InChI=1S/C15H24ClNO2S/c1-11-6-7-12(2)14(8-11)20(18,19)17-10-13(16)9-15(3,4)5/h6-8,13,17H,9-10H2,1-5H3. The van der Waals surface area contributed by atoms with Gasteiger partial charge in [-0.1, -0.05) is 32.9 Å². The highest BCUT2D eigenvalue weighted by Crippen LogP contribution is 2.24. The Labute approximate surface area is 127 Å². The predicted octanol–water partition coefficient (Wildman–Crippen LogP) is 3.63. The van der Waals surface area contributed by atoms with Crippen molar-refractivity contribution in [1.29, 1.82) is 0 Å². The fourth-order valence-corrected chi connectivity index (χ4v) is 4.05. The van der Waals surface area contributed by atoms with Crippen LogP contribution in [0.25, 0.3) is 0 Å². The van der Waals surface area contributed by atoms with E-state index in [1.165, 1.54) is 0 Å². The topological polar surface area (TPSA) is 46.2 Å². The van der Waals surface area contributed by atoms with Crippen LogP contribution in [0, 0.1) is 19.3 Å². The number of hydrogen-bond donors (Lipinski definition) is 1. The van der Waals surface area contributed by atoms with Crippen LogP contribution in [0.15, 0.2) is 23.1 Å². The lowest BCUT2D eigenvalue weighted by molar-refractivity contribution is 0.369. The maximum Gasteiger partial charge on any atom is 0.240 e. The van der Waals surface area contributed by atoms with Gasteiger partial charge in [0, 0.05) is 11.9 Å². The van der Waals surface area contributed by atoms with Gasteiger partial charge in [0.05, 0.1) is 4.90 Å². The molecule has 0 spiro atoms. The van der Waals surface area contributed by atoms with Gasteiger partial charge in [-0.25, -0.2) is 13.1 Å². The monoisotopic (exact) mass is 317 g/mol. The average Bonchev–Trinajstić information content (AvgIpc) is 2.27. The second-order valence-corrected chi connectivity index (χ2v) is 8.84. The summed E-state index contributed by atoms with van der Waals surface area (Å²) >= 11 is 6.20. The maximum atomic E-state index is 12.3. The summed E-state index contributed by atoms with van der Waals surface area (Å²) in [4.78, 5) is 0.331. The van der Waals surface area contributed by atoms with E-state index in [1.807, 2.05) is 19.1 Å². The van der Waals surface area contributed by atoms with Crippen molar-refractivity contribution < 1.29 is 8.42 Å². The van der Waals surface area contributed by atoms with Crippen LogP contribution in [-0.2, 0) is 10.0 Å². The van der Waals surface area contributed by atoms with E-state index in [4.69, 9.17) is 11.6 Å². The van der Waals surface area contributed by atoms with Gasteiger partial charge in [-0.3, -0.25) is 0 Å². The van der Waals surface area contributed by atoms with Gasteiger partial charge in [0.25, 0.3) is 0 Å². The molecule has 1 N–H and O–H groups in total. The molecule has 20 heavy (non-hydrogen) atoms. The number of sulfonamides is 1. The third-order valence-electron chi connectivity index (χ3n) is 2.96. The van der Waals surface area contributed by atoms with Crippen LogP contribution >= 0.6 is 11.6 Å². The van der Waals surface area contributed by atoms with Crippen molar-refractivity contribution in [2.45, 2.75) is 51.3 Å². The Kier molecular flexibility index (Phi) is 5.64. The molecule has 0 aliphatic rings. The SMILES string of the molecule is Cc1ccc(C)c(S(=O)(=O)NCC(Cl)CC(C)(C)C)c1. The molecule has 3 nitrogen and oxygen atoms in total. The molecule has 1 atom stereocenters. The van der Waals surface area contributed by atoms with Crippen LogP contribution in [0.4, 0.5) is 0 Å². The number of nitrogens with one attached hydrogen (secondary N) is 1. The number of rotatable bonds is 5. The van der Waals surface area contributed by atoms with E-state index < -0.39 is 10.0 Å². The van der Waals surface area contributed by atoms with E-state index in [0.717, 1.165) is 17.5 Å². The molecule has 0 aliphatic carbocycles. The molecule has 0 bridgehead atoms. The first kappa shape index (κ1) is 17.5. The lowest BCUT2D eigenvalue weighted by Gasteiger charge is -2.22. The van der Waals surface area contributed by atoms with Gasteiger partial charge in [-0.2, -0.15) is 0 Å². The Morgan fingerprint density at radius 3 is 2.40 bits per heavy atom. The normalized spacial score (nSPS) is 14.3. The fraction of sp³-hybridized carbons (Fsp3) is 0.600. The Morgan fingerprint density at radius 1 is 1.25 bits per heavy atom. The van der Waals surface area contributed by atoms with E-state index in [2.05, 4.69) is 25.5 Å². The molecule has 0 saturated heterocycles. The van der Waals surface area contributed by atoms with Crippen LogP contribution in [0.1, 0.15) is 38.3 Å². The third-order valence-corrected chi connectivity index (χ3v) is 4.84. The lowest BCUT2D eigenvalue weighted by atomic mass is 9.90. The number of alkyl halides is 1. The molecule has 0 heterocycles. The molecule has 1 aromatic carbocycles. The molecule has 0 fully saturated rings. The Hall–Kier alpha value is -0.580. The summed E-state index contributed by atoms with van der Waals surface area (Å²) in [7, 11) is -3.50. The summed E-state index contributed by atoms with van der Waals surface area (Å²) < 4.78 is 27.2. The summed E-state index contributed by atoms with van der Waals surface area (Å²) in [6.45, 7) is 10.2. The molecule has 114 valence electrons. The summed E-state index contributed by atoms with van der Waals surface area (Å²) in [5.41, 5.74) is 1.75. The minimum absolute atomic E-state index is 0.0805. The average molecular weight is 318 g/mol. The zero-order valence-electron chi connectivity index (χ0n) is 12.8. The van der Waals surface area contributed by atoms with E-state index in [-0.39, 0.29) is 17.3 Å². The van der Waals surface area contributed by atoms with Crippen LogP contribution in [-0.4, -0.2) is 20.3 Å². The number of aryl methyl sites for hydroxylation is 2. The van der Waals surface area contributed by atoms with E-state index >= 15 is 0 Å². The first-order valence-electron chi connectivity index (χ1n) is 6.72. The van der Waals surface area contributed by atoms with Crippen molar-refractivity contribution in [3.8, 4) is 0 Å². The van der Waals surface area contributed by atoms with Gasteiger partial charge in [0.15, 0.2) is 0 Å². The van der Waals surface area contributed by atoms with Gasteiger partial charge in [-0.15, -0.1) is 11.6 Å². The van der Waals surface area contributed by atoms with Crippen molar-refractivity contribution in [1.82, 2.24) is 4.72 Å². The predicted molar refractivity (Wildman–Crippen MR) is 84.8 cm³/mol. The highest BCUT2D eigenvalue weighted by molar-refractivity contribution is 7.89. The van der Waals surface area contributed by atoms with E-state index in [9.17, 15) is 8.42 Å². The summed E-state index contributed by atoms with van der Waals surface area (Å²) in [5.74, 6) is 0. The quantitative estimate of drug-likeness (QED) is 0.843. The molecule has 0 saturated carbocycles.